The summed E-state index contributed by atoms with van der Waals surface area (Å²) in [4.78, 5) is 10.0. The van der Waals surface area contributed by atoms with Crippen LogP contribution in [-0.2, 0) is 0 Å². The molecule has 1 aromatic carbocycles. The normalized spacial score (nSPS) is 9.89. The quantitative estimate of drug-likeness (QED) is 0.777. The second kappa shape index (κ2) is 5.03. The molecule has 0 unspecified atom stereocenters. The van der Waals surface area contributed by atoms with Gasteiger partial charge < -0.3 is 4.90 Å². The maximum Gasteiger partial charge on any atom is 0.140 e. The lowest BCUT2D eigenvalue weighted by Crippen LogP contribution is -2.13. The minimum Gasteiger partial charge on any atom is -0.329 e. The number of anilines is 2. The lowest BCUT2D eigenvalue weighted by molar-refractivity contribution is 1.05. The fourth-order valence-corrected chi connectivity index (χ4v) is 1.79. The van der Waals surface area contributed by atoms with Crippen LogP contribution in [0.5, 0.6) is 0 Å². The van der Waals surface area contributed by atoms with E-state index >= 15 is 0 Å². The zero-order valence-corrected chi connectivity index (χ0v) is 10.8. The molecule has 90 valence electrons. The Balaban J connectivity index is 2.45. The molecule has 0 aliphatic rings. The van der Waals surface area contributed by atoms with E-state index < -0.39 is 0 Å². The Morgan fingerprint density at radius 1 is 1.33 bits per heavy atom. The lowest BCUT2D eigenvalue weighted by atomic mass is 10.2. The van der Waals surface area contributed by atoms with Gasteiger partial charge in [0.1, 0.15) is 17.3 Å². The molecular weight excluding hydrogens is 248 g/mol. The monoisotopic (exact) mass is 258 g/mol. The van der Waals surface area contributed by atoms with Gasteiger partial charge in [0.05, 0.1) is 11.6 Å². The molecule has 18 heavy (non-hydrogen) atoms. The fraction of sp³-hybridized carbons (Fsp3) is 0.154. The van der Waals surface area contributed by atoms with Crippen molar-refractivity contribution < 1.29 is 0 Å². The molecule has 1 heterocycles. The van der Waals surface area contributed by atoms with Gasteiger partial charge in [-0.05, 0) is 25.1 Å². The molecule has 5 heteroatoms. The van der Waals surface area contributed by atoms with Gasteiger partial charge in [0.2, 0.25) is 0 Å². The van der Waals surface area contributed by atoms with E-state index in [1.54, 1.807) is 12.1 Å². The second-order valence-corrected chi connectivity index (χ2v) is 4.19. The van der Waals surface area contributed by atoms with Crippen LogP contribution in [0.25, 0.3) is 0 Å². The molecule has 0 bridgehead atoms. The van der Waals surface area contributed by atoms with Crippen LogP contribution in [0, 0.1) is 18.3 Å². The van der Waals surface area contributed by atoms with E-state index in [1.165, 1.54) is 6.33 Å². The van der Waals surface area contributed by atoms with Crippen molar-refractivity contribution in [2.24, 2.45) is 0 Å². The van der Waals surface area contributed by atoms with Crippen LogP contribution in [0.15, 0.2) is 30.6 Å². The third kappa shape index (κ3) is 2.27. The molecule has 2 aromatic rings. The van der Waals surface area contributed by atoms with Crippen molar-refractivity contribution in [3.63, 3.8) is 0 Å². The van der Waals surface area contributed by atoms with E-state index in [4.69, 9.17) is 16.9 Å². The Morgan fingerprint density at radius 2 is 2.11 bits per heavy atom. The van der Waals surface area contributed by atoms with Gasteiger partial charge in [0.25, 0.3) is 0 Å². The van der Waals surface area contributed by atoms with Crippen LogP contribution in [0.1, 0.15) is 11.1 Å². The molecular formula is C13H11ClN4. The average molecular weight is 259 g/mol. The molecule has 1 aromatic heterocycles. The number of aromatic nitrogens is 2. The summed E-state index contributed by atoms with van der Waals surface area (Å²) in [6.07, 6.45) is 1.43. The minimum absolute atomic E-state index is 0.434. The first-order chi connectivity index (χ1) is 8.63. The van der Waals surface area contributed by atoms with Crippen LogP contribution >= 0.6 is 11.6 Å². The Kier molecular flexibility index (Phi) is 3.45. The summed E-state index contributed by atoms with van der Waals surface area (Å²) >= 11 is 5.97. The summed E-state index contributed by atoms with van der Waals surface area (Å²) in [5, 5.41) is 9.33. The van der Waals surface area contributed by atoms with E-state index in [9.17, 15) is 0 Å². The zero-order valence-electron chi connectivity index (χ0n) is 10.1. The molecule has 4 nitrogen and oxygen atoms in total. The summed E-state index contributed by atoms with van der Waals surface area (Å²) in [7, 11) is 1.88. The van der Waals surface area contributed by atoms with Gasteiger partial charge in [-0.25, -0.2) is 9.97 Å². The molecule has 0 amide bonds. The molecule has 0 N–H and O–H groups in total. The van der Waals surface area contributed by atoms with Gasteiger partial charge in [0.15, 0.2) is 0 Å². The maximum atomic E-state index is 8.90. The molecule has 0 radical (unpaired) electrons. The number of rotatable bonds is 2. The summed E-state index contributed by atoms with van der Waals surface area (Å²) in [5.41, 5.74) is 2.30. The van der Waals surface area contributed by atoms with Gasteiger partial charge in [-0.3, -0.25) is 0 Å². The number of nitriles is 1. The summed E-state index contributed by atoms with van der Waals surface area (Å²) in [6, 6.07) is 9.43. The average Bonchev–Trinajstić information content (AvgIpc) is 2.41. The van der Waals surface area contributed by atoms with E-state index in [0.29, 0.717) is 10.7 Å². The van der Waals surface area contributed by atoms with Crippen LogP contribution in [0.2, 0.25) is 5.15 Å². The van der Waals surface area contributed by atoms with Crippen molar-refractivity contribution in [3.05, 3.63) is 46.9 Å². The Bertz CT molecular complexity index is 619. The highest BCUT2D eigenvalue weighted by Gasteiger charge is 2.11. The first-order valence-electron chi connectivity index (χ1n) is 5.34. The third-order valence-electron chi connectivity index (χ3n) is 2.68. The van der Waals surface area contributed by atoms with Crippen molar-refractivity contribution in [2.75, 3.05) is 11.9 Å². The Labute approximate surface area is 110 Å². The Hall–Kier alpha value is -2.12. The SMILES string of the molecule is Cc1c(Cl)ncnc1N(C)c1cccc(C#N)c1. The number of benzene rings is 1. The third-order valence-corrected chi connectivity index (χ3v) is 3.06. The molecule has 0 saturated carbocycles. The topological polar surface area (TPSA) is 52.8 Å². The van der Waals surface area contributed by atoms with E-state index in [-0.39, 0.29) is 0 Å². The first-order valence-corrected chi connectivity index (χ1v) is 5.72. The van der Waals surface area contributed by atoms with Crippen molar-refractivity contribution in [2.45, 2.75) is 6.92 Å². The molecule has 0 aliphatic heterocycles. The molecule has 0 atom stereocenters. The molecule has 0 spiro atoms. The number of hydrogen-bond acceptors (Lipinski definition) is 4. The second-order valence-electron chi connectivity index (χ2n) is 3.83. The molecule has 2 rings (SSSR count). The zero-order chi connectivity index (χ0) is 13.1. The Morgan fingerprint density at radius 3 is 2.83 bits per heavy atom. The maximum absolute atomic E-state index is 8.90. The summed E-state index contributed by atoms with van der Waals surface area (Å²) < 4.78 is 0. The van der Waals surface area contributed by atoms with Crippen molar-refractivity contribution in [1.82, 2.24) is 9.97 Å². The predicted octanol–water partition coefficient (Wildman–Crippen LogP) is 3.08. The van der Waals surface area contributed by atoms with E-state index in [0.717, 1.165) is 17.1 Å². The molecule has 0 aliphatic carbocycles. The molecule has 0 fully saturated rings. The van der Waals surface area contributed by atoms with Crippen molar-refractivity contribution >= 4 is 23.1 Å². The van der Waals surface area contributed by atoms with Gasteiger partial charge in [0, 0.05) is 18.3 Å². The highest BCUT2D eigenvalue weighted by molar-refractivity contribution is 6.30. The largest absolute Gasteiger partial charge is 0.329 e. The lowest BCUT2D eigenvalue weighted by Gasteiger charge is -2.20. The molecule has 0 saturated heterocycles. The van der Waals surface area contributed by atoms with E-state index in [2.05, 4.69) is 16.0 Å². The summed E-state index contributed by atoms with van der Waals surface area (Å²) in [5.74, 6) is 0.727. The van der Waals surface area contributed by atoms with Gasteiger partial charge >= 0.3 is 0 Å². The van der Waals surface area contributed by atoms with Gasteiger partial charge in [-0.1, -0.05) is 17.7 Å². The number of nitrogens with zero attached hydrogens (tertiary/aromatic N) is 4. The fourth-order valence-electron chi connectivity index (χ4n) is 1.66. The van der Waals surface area contributed by atoms with Crippen LogP contribution in [0.3, 0.4) is 0 Å². The number of hydrogen-bond donors (Lipinski definition) is 0. The highest BCUT2D eigenvalue weighted by Crippen LogP contribution is 2.27. The van der Waals surface area contributed by atoms with Gasteiger partial charge in [-0.15, -0.1) is 0 Å². The number of halogens is 1. The van der Waals surface area contributed by atoms with E-state index in [1.807, 2.05) is 31.0 Å². The minimum atomic E-state index is 0.434. The smallest absolute Gasteiger partial charge is 0.140 e. The first kappa shape index (κ1) is 12.3. The van der Waals surface area contributed by atoms with Crippen molar-refractivity contribution in [1.29, 1.82) is 5.26 Å². The standard InChI is InChI=1S/C13H11ClN4/c1-9-12(14)16-8-17-13(9)18(2)11-5-3-4-10(6-11)7-15/h3-6,8H,1-2H3. The predicted molar refractivity (Wildman–Crippen MR) is 71.0 cm³/mol. The van der Waals surface area contributed by atoms with Crippen LogP contribution in [0.4, 0.5) is 11.5 Å². The van der Waals surface area contributed by atoms with Gasteiger partial charge in [-0.2, -0.15) is 5.26 Å². The van der Waals surface area contributed by atoms with Crippen molar-refractivity contribution in [3.8, 4) is 6.07 Å². The summed E-state index contributed by atoms with van der Waals surface area (Å²) in [6.45, 7) is 1.86. The van der Waals surface area contributed by atoms with Crippen LogP contribution < -0.4 is 4.90 Å². The van der Waals surface area contributed by atoms with Crippen LogP contribution in [-0.4, -0.2) is 17.0 Å². The highest BCUT2D eigenvalue weighted by atomic mass is 35.5.